The Kier molecular flexibility index (Phi) is 6.51. The van der Waals surface area contributed by atoms with Crippen molar-refractivity contribution in [2.75, 3.05) is 26.3 Å². The number of piperidine rings is 1. The standard InChI is InChI=1S/C16H29NO3.ClH/c1-15(2,3)13-9-16(14(18)19,11-17-10-13)8-12-4-6-20-7-5-12;/h12-13,17H,4-11H2,1-3H3,(H,18,19);1H/t13-,16-;/m1./s1. The van der Waals surface area contributed by atoms with Crippen LogP contribution in [0.4, 0.5) is 0 Å². The lowest BCUT2D eigenvalue weighted by Crippen LogP contribution is -2.52. The molecule has 0 aromatic rings. The highest BCUT2D eigenvalue weighted by atomic mass is 35.5. The van der Waals surface area contributed by atoms with E-state index in [0.29, 0.717) is 18.4 Å². The molecule has 2 N–H and O–H groups in total. The molecule has 2 atom stereocenters. The molecule has 0 aromatic heterocycles. The van der Waals surface area contributed by atoms with Crippen LogP contribution in [0.15, 0.2) is 0 Å². The van der Waals surface area contributed by atoms with Gasteiger partial charge in [-0.1, -0.05) is 20.8 Å². The van der Waals surface area contributed by atoms with Crippen molar-refractivity contribution in [3.8, 4) is 0 Å². The molecule has 0 spiro atoms. The van der Waals surface area contributed by atoms with Gasteiger partial charge in [-0.25, -0.2) is 0 Å². The van der Waals surface area contributed by atoms with E-state index in [1.807, 2.05) is 0 Å². The molecule has 2 aliphatic rings. The van der Waals surface area contributed by atoms with Crippen LogP contribution >= 0.6 is 12.4 Å². The summed E-state index contributed by atoms with van der Waals surface area (Å²) in [5, 5.41) is 13.2. The van der Waals surface area contributed by atoms with E-state index in [1.165, 1.54) is 0 Å². The first-order valence-corrected chi connectivity index (χ1v) is 7.85. The SMILES string of the molecule is CC(C)(C)[C@H]1CNC[C@](CC2CCOCC2)(C(=O)O)C1.Cl. The van der Waals surface area contributed by atoms with Gasteiger partial charge in [0.05, 0.1) is 5.41 Å². The molecule has 0 saturated carbocycles. The molecule has 0 aliphatic carbocycles. The summed E-state index contributed by atoms with van der Waals surface area (Å²) in [7, 11) is 0. The van der Waals surface area contributed by atoms with Crippen LogP contribution < -0.4 is 5.32 Å². The molecular formula is C16H30ClNO3. The first-order valence-electron chi connectivity index (χ1n) is 7.85. The average molecular weight is 320 g/mol. The van der Waals surface area contributed by atoms with E-state index in [0.717, 1.165) is 45.4 Å². The van der Waals surface area contributed by atoms with E-state index in [1.54, 1.807) is 0 Å². The molecule has 2 aliphatic heterocycles. The van der Waals surface area contributed by atoms with Crippen molar-refractivity contribution in [1.29, 1.82) is 0 Å². The van der Waals surface area contributed by atoms with Gasteiger partial charge in [-0.15, -0.1) is 12.4 Å². The fraction of sp³-hybridized carbons (Fsp3) is 0.938. The van der Waals surface area contributed by atoms with Gasteiger partial charge in [0, 0.05) is 19.8 Å². The Morgan fingerprint density at radius 1 is 1.33 bits per heavy atom. The van der Waals surface area contributed by atoms with E-state index >= 15 is 0 Å². The van der Waals surface area contributed by atoms with E-state index in [4.69, 9.17) is 4.74 Å². The highest BCUT2D eigenvalue weighted by Gasteiger charge is 2.46. The third-order valence-electron chi connectivity index (χ3n) is 5.19. The number of aliphatic carboxylic acids is 1. The van der Waals surface area contributed by atoms with Crippen LogP contribution in [0.25, 0.3) is 0 Å². The van der Waals surface area contributed by atoms with Crippen LogP contribution in [0, 0.1) is 22.7 Å². The van der Waals surface area contributed by atoms with Crippen molar-refractivity contribution < 1.29 is 14.6 Å². The Morgan fingerprint density at radius 2 is 1.95 bits per heavy atom. The number of carbonyl (C=O) groups is 1. The average Bonchev–Trinajstić information content (AvgIpc) is 2.39. The Bertz CT molecular complexity index is 350. The first kappa shape index (κ1) is 18.7. The Labute approximate surface area is 134 Å². The van der Waals surface area contributed by atoms with Crippen LogP contribution in [0.1, 0.15) is 46.5 Å². The quantitative estimate of drug-likeness (QED) is 0.839. The maximum absolute atomic E-state index is 12.0. The number of hydrogen-bond donors (Lipinski definition) is 2. The summed E-state index contributed by atoms with van der Waals surface area (Å²) < 4.78 is 5.39. The van der Waals surface area contributed by atoms with Gasteiger partial charge in [-0.3, -0.25) is 4.79 Å². The maximum atomic E-state index is 12.0. The van der Waals surface area contributed by atoms with Crippen LogP contribution in [0.2, 0.25) is 0 Å². The molecule has 0 aromatic carbocycles. The summed E-state index contributed by atoms with van der Waals surface area (Å²) in [6, 6.07) is 0. The van der Waals surface area contributed by atoms with Gasteiger partial charge in [0.15, 0.2) is 0 Å². The fourth-order valence-electron chi connectivity index (χ4n) is 3.62. The maximum Gasteiger partial charge on any atom is 0.310 e. The Balaban J connectivity index is 0.00000220. The van der Waals surface area contributed by atoms with Crippen molar-refractivity contribution in [1.82, 2.24) is 5.32 Å². The van der Waals surface area contributed by atoms with Gasteiger partial charge in [0.2, 0.25) is 0 Å². The third-order valence-corrected chi connectivity index (χ3v) is 5.19. The Morgan fingerprint density at radius 3 is 2.48 bits per heavy atom. The normalized spacial score (nSPS) is 31.5. The van der Waals surface area contributed by atoms with E-state index < -0.39 is 11.4 Å². The zero-order chi connectivity index (χ0) is 14.8. The minimum Gasteiger partial charge on any atom is -0.481 e. The highest BCUT2D eigenvalue weighted by Crippen LogP contribution is 2.43. The number of ether oxygens (including phenoxy) is 1. The summed E-state index contributed by atoms with van der Waals surface area (Å²) >= 11 is 0. The fourth-order valence-corrected chi connectivity index (χ4v) is 3.62. The summed E-state index contributed by atoms with van der Waals surface area (Å²) in [5.41, 5.74) is -0.429. The van der Waals surface area contributed by atoms with Crippen molar-refractivity contribution in [3.63, 3.8) is 0 Å². The van der Waals surface area contributed by atoms with Gasteiger partial charge < -0.3 is 15.2 Å². The van der Waals surface area contributed by atoms with Crippen molar-refractivity contribution in [3.05, 3.63) is 0 Å². The van der Waals surface area contributed by atoms with E-state index in [9.17, 15) is 9.90 Å². The summed E-state index contributed by atoms with van der Waals surface area (Å²) in [4.78, 5) is 12.0. The van der Waals surface area contributed by atoms with Gasteiger partial charge in [-0.2, -0.15) is 0 Å². The smallest absolute Gasteiger partial charge is 0.310 e. The number of carboxylic acids is 1. The predicted octanol–water partition coefficient (Wildman–Crippen LogP) is 2.95. The van der Waals surface area contributed by atoms with Crippen LogP contribution in [-0.4, -0.2) is 37.4 Å². The van der Waals surface area contributed by atoms with Gasteiger partial charge in [-0.05, 0) is 49.5 Å². The van der Waals surface area contributed by atoms with Gasteiger partial charge in [0.25, 0.3) is 0 Å². The van der Waals surface area contributed by atoms with E-state index in [-0.39, 0.29) is 17.8 Å². The lowest BCUT2D eigenvalue weighted by Gasteiger charge is -2.45. The molecule has 2 saturated heterocycles. The molecule has 5 heteroatoms. The largest absolute Gasteiger partial charge is 0.481 e. The van der Waals surface area contributed by atoms with Crippen LogP contribution in [0.3, 0.4) is 0 Å². The molecular weight excluding hydrogens is 290 g/mol. The Hall–Kier alpha value is -0.320. The number of hydrogen-bond acceptors (Lipinski definition) is 3. The monoisotopic (exact) mass is 319 g/mol. The third kappa shape index (κ3) is 4.57. The zero-order valence-electron chi connectivity index (χ0n) is 13.5. The van der Waals surface area contributed by atoms with E-state index in [2.05, 4.69) is 26.1 Å². The van der Waals surface area contributed by atoms with Crippen LogP contribution in [-0.2, 0) is 9.53 Å². The lowest BCUT2D eigenvalue weighted by atomic mass is 9.64. The lowest BCUT2D eigenvalue weighted by molar-refractivity contribution is -0.154. The number of nitrogens with one attached hydrogen (secondary N) is 1. The topological polar surface area (TPSA) is 58.6 Å². The van der Waals surface area contributed by atoms with Gasteiger partial charge >= 0.3 is 5.97 Å². The first-order chi connectivity index (χ1) is 9.33. The summed E-state index contributed by atoms with van der Waals surface area (Å²) in [6.45, 7) is 9.77. The minimum atomic E-state index is -0.620. The number of carboxylic acid groups (broad SMARTS) is 1. The van der Waals surface area contributed by atoms with Crippen LogP contribution in [0.5, 0.6) is 0 Å². The molecule has 4 nitrogen and oxygen atoms in total. The highest BCUT2D eigenvalue weighted by molar-refractivity contribution is 5.85. The zero-order valence-corrected chi connectivity index (χ0v) is 14.3. The molecule has 124 valence electrons. The minimum absolute atomic E-state index is 0. The van der Waals surface area contributed by atoms with Gasteiger partial charge in [0.1, 0.15) is 0 Å². The van der Waals surface area contributed by atoms with Crippen molar-refractivity contribution in [2.45, 2.75) is 46.5 Å². The van der Waals surface area contributed by atoms with Crippen molar-refractivity contribution in [2.24, 2.45) is 22.7 Å². The second-order valence-electron chi connectivity index (χ2n) is 7.74. The number of rotatable bonds is 3. The number of halogens is 1. The molecule has 0 amide bonds. The molecule has 2 fully saturated rings. The van der Waals surface area contributed by atoms with Crippen molar-refractivity contribution >= 4 is 18.4 Å². The molecule has 2 heterocycles. The molecule has 0 bridgehead atoms. The predicted molar refractivity (Wildman–Crippen MR) is 85.9 cm³/mol. The molecule has 21 heavy (non-hydrogen) atoms. The molecule has 0 radical (unpaired) electrons. The summed E-state index contributed by atoms with van der Waals surface area (Å²) in [6.07, 6.45) is 3.62. The molecule has 2 rings (SSSR count). The summed E-state index contributed by atoms with van der Waals surface area (Å²) in [5.74, 6) is 0.304. The molecule has 0 unspecified atom stereocenters. The second-order valence-corrected chi connectivity index (χ2v) is 7.74. The second kappa shape index (κ2) is 7.30.